The highest BCUT2D eigenvalue weighted by molar-refractivity contribution is 9.11. The Morgan fingerprint density at radius 2 is 2.36 bits per heavy atom. The van der Waals surface area contributed by atoms with Crippen molar-refractivity contribution in [3.8, 4) is 0 Å². The van der Waals surface area contributed by atoms with Crippen LogP contribution in [0.2, 0.25) is 0 Å². The molecule has 2 atom stereocenters. The first-order valence-corrected chi connectivity index (χ1v) is 6.19. The van der Waals surface area contributed by atoms with E-state index in [4.69, 9.17) is 0 Å². The summed E-state index contributed by atoms with van der Waals surface area (Å²) >= 11 is 3.39. The first kappa shape index (κ1) is 12.2. The van der Waals surface area contributed by atoms with Crippen LogP contribution in [0.15, 0.2) is 11.1 Å². The molecule has 0 radical (unpaired) electrons. The number of rotatable bonds is 4. The van der Waals surface area contributed by atoms with Crippen LogP contribution in [0.1, 0.15) is 32.6 Å². The van der Waals surface area contributed by atoms with E-state index in [9.17, 15) is 5.11 Å². The van der Waals surface area contributed by atoms with Crippen molar-refractivity contribution in [2.75, 3.05) is 13.1 Å². The summed E-state index contributed by atoms with van der Waals surface area (Å²) < 4.78 is 1.01. The second kappa shape index (κ2) is 5.89. The molecule has 0 aromatic rings. The van der Waals surface area contributed by atoms with Gasteiger partial charge in [0.15, 0.2) is 0 Å². The number of hydrogen-bond donors (Lipinski definition) is 1. The smallest absolute Gasteiger partial charge is 0.0692 e. The van der Waals surface area contributed by atoms with Crippen LogP contribution in [0.25, 0.3) is 0 Å². The number of halogens is 1. The predicted molar refractivity (Wildman–Crippen MR) is 63.6 cm³/mol. The first-order chi connectivity index (χ1) is 6.65. The lowest BCUT2D eigenvalue weighted by Gasteiger charge is -2.38. The highest BCUT2D eigenvalue weighted by Gasteiger charge is 2.27. The van der Waals surface area contributed by atoms with Crippen LogP contribution in [-0.2, 0) is 0 Å². The monoisotopic (exact) mass is 261 g/mol. The number of likely N-dealkylation sites (tertiary alicyclic amines) is 1. The van der Waals surface area contributed by atoms with E-state index in [1.165, 1.54) is 12.8 Å². The van der Waals surface area contributed by atoms with Gasteiger partial charge in [-0.3, -0.25) is 4.90 Å². The molecule has 0 spiro atoms. The number of hydrogen-bond acceptors (Lipinski definition) is 2. The van der Waals surface area contributed by atoms with Crippen molar-refractivity contribution in [3.63, 3.8) is 0 Å². The molecule has 1 aliphatic heterocycles. The molecule has 82 valence electrons. The van der Waals surface area contributed by atoms with Crippen molar-refractivity contribution in [1.82, 2.24) is 4.90 Å². The number of aliphatic hydroxyl groups excluding tert-OH is 1. The van der Waals surface area contributed by atoms with Crippen LogP contribution in [0.5, 0.6) is 0 Å². The number of piperidine rings is 1. The molecule has 0 amide bonds. The Kier molecular flexibility index (Phi) is 5.13. The lowest BCUT2D eigenvalue weighted by atomic mass is 9.96. The van der Waals surface area contributed by atoms with Gasteiger partial charge in [-0.05, 0) is 25.8 Å². The molecular weight excluding hydrogens is 242 g/mol. The zero-order chi connectivity index (χ0) is 10.6. The molecule has 1 rings (SSSR count). The Morgan fingerprint density at radius 1 is 1.64 bits per heavy atom. The van der Waals surface area contributed by atoms with Crippen LogP contribution in [-0.4, -0.2) is 35.2 Å². The zero-order valence-electron chi connectivity index (χ0n) is 8.88. The quantitative estimate of drug-likeness (QED) is 0.841. The van der Waals surface area contributed by atoms with Crippen molar-refractivity contribution < 1.29 is 5.11 Å². The molecule has 0 saturated carbocycles. The van der Waals surface area contributed by atoms with Gasteiger partial charge in [0, 0.05) is 17.1 Å². The molecule has 1 fully saturated rings. The molecule has 0 aromatic heterocycles. The van der Waals surface area contributed by atoms with Gasteiger partial charge in [0.05, 0.1) is 6.10 Å². The third kappa shape index (κ3) is 3.37. The molecule has 0 aliphatic carbocycles. The Balaban J connectivity index is 2.54. The van der Waals surface area contributed by atoms with Crippen molar-refractivity contribution in [2.24, 2.45) is 0 Å². The molecule has 0 bridgehead atoms. The van der Waals surface area contributed by atoms with Crippen LogP contribution in [0.3, 0.4) is 0 Å². The van der Waals surface area contributed by atoms with Gasteiger partial charge in [-0.2, -0.15) is 0 Å². The summed E-state index contributed by atoms with van der Waals surface area (Å²) in [5, 5.41) is 9.88. The molecule has 1 N–H and O–H groups in total. The summed E-state index contributed by atoms with van der Waals surface area (Å²) in [5.74, 6) is 0. The third-order valence-electron chi connectivity index (χ3n) is 2.90. The molecule has 1 saturated heterocycles. The number of aliphatic hydroxyl groups is 1. The van der Waals surface area contributed by atoms with E-state index >= 15 is 0 Å². The minimum absolute atomic E-state index is 0.179. The van der Waals surface area contributed by atoms with Gasteiger partial charge >= 0.3 is 0 Å². The maximum Gasteiger partial charge on any atom is 0.0692 e. The Labute approximate surface area is 95.1 Å². The van der Waals surface area contributed by atoms with Crippen LogP contribution < -0.4 is 0 Å². The fourth-order valence-electron chi connectivity index (χ4n) is 2.14. The predicted octanol–water partition coefficient (Wildman–Crippen LogP) is 2.52. The lowest BCUT2D eigenvalue weighted by Crippen LogP contribution is -2.46. The van der Waals surface area contributed by atoms with E-state index in [2.05, 4.69) is 27.4 Å². The van der Waals surface area contributed by atoms with E-state index in [1.807, 2.05) is 6.92 Å². The summed E-state index contributed by atoms with van der Waals surface area (Å²) in [6, 6.07) is 0.336. The zero-order valence-corrected chi connectivity index (χ0v) is 10.5. The minimum Gasteiger partial charge on any atom is -0.392 e. The van der Waals surface area contributed by atoms with E-state index in [0.29, 0.717) is 6.04 Å². The fraction of sp³-hybridized carbons (Fsp3) is 0.818. The molecule has 1 aliphatic rings. The van der Waals surface area contributed by atoms with Crippen molar-refractivity contribution in [2.45, 2.75) is 44.8 Å². The normalized spacial score (nSPS) is 26.1. The van der Waals surface area contributed by atoms with Gasteiger partial charge in [0.2, 0.25) is 0 Å². The summed E-state index contributed by atoms with van der Waals surface area (Å²) in [4.78, 5) is 2.34. The minimum atomic E-state index is -0.179. The van der Waals surface area contributed by atoms with Crippen molar-refractivity contribution >= 4 is 15.9 Å². The van der Waals surface area contributed by atoms with Crippen LogP contribution in [0.4, 0.5) is 0 Å². The van der Waals surface area contributed by atoms with Gasteiger partial charge in [0.1, 0.15) is 0 Å². The molecule has 2 nitrogen and oxygen atoms in total. The van der Waals surface area contributed by atoms with E-state index in [0.717, 1.165) is 30.4 Å². The summed E-state index contributed by atoms with van der Waals surface area (Å²) in [7, 11) is 0. The molecule has 1 heterocycles. The van der Waals surface area contributed by atoms with Gasteiger partial charge in [0.25, 0.3) is 0 Å². The van der Waals surface area contributed by atoms with Gasteiger partial charge < -0.3 is 5.11 Å². The van der Waals surface area contributed by atoms with Gasteiger partial charge in [-0.1, -0.05) is 35.9 Å². The van der Waals surface area contributed by atoms with E-state index in [1.54, 1.807) is 0 Å². The topological polar surface area (TPSA) is 23.5 Å². The Bertz CT molecular complexity index is 196. The molecule has 0 aromatic carbocycles. The van der Waals surface area contributed by atoms with Crippen LogP contribution >= 0.6 is 15.9 Å². The first-order valence-electron chi connectivity index (χ1n) is 5.40. The second-order valence-corrected chi connectivity index (χ2v) is 5.15. The molecule has 14 heavy (non-hydrogen) atoms. The third-order valence-corrected chi connectivity index (χ3v) is 3.15. The highest BCUT2D eigenvalue weighted by Crippen LogP contribution is 2.22. The maximum atomic E-state index is 9.88. The van der Waals surface area contributed by atoms with E-state index < -0.39 is 0 Å². The van der Waals surface area contributed by atoms with Gasteiger partial charge in [-0.15, -0.1) is 0 Å². The molecule has 3 heteroatoms. The van der Waals surface area contributed by atoms with E-state index in [-0.39, 0.29) is 6.10 Å². The summed E-state index contributed by atoms with van der Waals surface area (Å²) in [5.41, 5.74) is 0. The molecule has 0 unspecified atom stereocenters. The fourth-order valence-corrected chi connectivity index (χ4v) is 2.46. The van der Waals surface area contributed by atoms with Crippen molar-refractivity contribution in [3.05, 3.63) is 11.1 Å². The van der Waals surface area contributed by atoms with Crippen LogP contribution in [0, 0.1) is 0 Å². The maximum absolute atomic E-state index is 9.88. The average Bonchev–Trinajstić information content (AvgIpc) is 2.16. The SMILES string of the molecule is C=C(Br)CN1CCCC[C@H]1[C@@H](O)CC. The number of nitrogens with zero attached hydrogens (tertiary/aromatic N) is 1. The van der Waals surface area contributed by atoms with Gasteiger partial charge in [-0.25, -0.2) is 0 Å². The highest BCUT2D eigenvalue weighted by atomic mass is 79.9. The second-order valence-electron chi connectivity index (χ2n) is 4.03. The average molecular weight is 262 g/mol. The Hall–Kier alpha value is 0.140. The largest absolute Gasteiger partial charge is 0.392 e. The van der Waals surface area contributed by atoms with Crippen molar-refractivity contribution in [1.29, 1.82) is 0 Å². The summed E-state index contributed by atoms with van der Waals surface area (Å²) in [6.07, 6.45) is 4.27. The standard InChI is InChI=1S/C11H20BrNO/c1-3-11(14)10-6-4-5-7-13(10)8-9(2)12/h10-11,14H,2-8H2,1H3/t10-,11-/m0/s1. The lowest BCUT2D eigenvalue weighted by molar-refractivity contribution is 0.0303. The Morgan fingerprint density at radius 3 is 2.93 bits per heavy atom. The summed E-state index contributed by atoms with van der Waals surface area (Å²) in [6.45, 7) is 7.86. The molecular formula is C11H20BrNO.